The van der Waals surface area contributed by atoms with Crippen molar-refractivity contribution in [2.45, 2.75) is 12.5 Å². The molecule has 1 fully saturated rings. The molecule has 0 spiro atoms. The molecule has 1 unspecified atom stereocenters. The average molecular weight is 308 g/mol. The first-order valence-electron chi connectivity index (χ1n) is 6.69. The van der Waals surface area contributed by atoms with Crippen molar-refractivity contribution in [1.29, 1.82) is 0 Å². The third-order valence-corrected chi connectivity index (χ3v) is 5.19. The number of H-pyrrole nitrogens is 1. The minimum Gasteiger partial charge on any atom is -0.326 e. The Labute approximate surface area is 122 Å². The standard InChI is InChI=1S/C13H16N4O3S/c18-13(6-11-8-21(19,20)4-3-14-11)16-10-1-2-12-9(5-10)7-15-17-12/h1-2,5,7,11,14H,3-4,6,8H2,(H,15,17)(H,16,18). The summed E-state index contributed by atoms with van der Waals surface area (Å²) in [5.41, 5.74) is 1.57. The molecule has 1 aliphatic heterocycles. The van der Waals surface area contributed by atoms with Gasteiger partial charge in [0.25, 0.3) is 0 Å². The first kappa shape index (κ1) is 14.0. The predicted octanol–water partition coefficient (Wildman–Crippen LogP) is 0.278. The molecule has 2 aromatic rings. The molecule has 1 atom stereocenters. The minimum atomic E-state index is -3.03. The van der Waals surface area contributed by atoms with Crippen molar-refractivity contribution >= 4 is 32.3 Å². The topological polar surface area (TPSA) is 104 Å². The van der Waals surface area contributed by atoms with Crippen LogP contribution in [0.25, 0.3) is 10.9 Å². The van der Waals surface area contributed by atoms with Gasteiger partial charge in [-0.25, -0.2) is 8.42 Å². The molecule has 3 rings (SSSR count). The molecule has 0 saturated carbocycles. The Balaban J connectivity index is 1.63. The van der Waals surface area contributed by atoms with Crippen LogP contribution in [0.2, 0.25) is 0 Å². The van der Waals surface area contributed by atoms with Crippen molar-refractivity contribution in [3.05, 3.63) is 24.4 Å². The molecule has 1 aromatic carbocycles. The van der Waals surface area contributed by atoms with Crippen molar-refractivity contribution in [1.82, 2.24) is 15.5 Å². The molecule has 112 valence electrons. The first-order valence-corrected chi connectivity index (χ1v) is 8.51. The maximum absolute atomic E-state index is 12.0. The largest absolute Gasteiger partial charge is 0.326 e. The van der Waals surface area contributed by atoms with Gasteiger partial charge in [-0.05, 0) is 18.2 Å². The second-order valence-corrected chi connectivity index (χ2v) is 7.42. The fraction of sp³-hybridized carbons (Fsp3) is 0.385. The normalized spacial score (nSPS) is 21.2. The number of sulfone groups is 1. The maximum atomic E-state index is 12.0. The zero-order chi connectivity index (χ0) is 14.9. The number of aromatic amines is 1. The highest BCUT2D eigenvalue weighted by molar-refractivity contribution is 7.91. The van der Waals surface area contributed by atoms with Gasteiger partial charge in [-0.2, -0.15) is 5.10 Å². The molecule has 0 aliphatic carbocycles. The van der Waals surface area contributed by atoms with Gasteiger partial charge >= 0.3 is 0 Å². The van der Waals surface area contributed by atoms with Crippen LogP contribution in [0.3, 0.4) is 0 Å². The lowest BCUT2D eigenvalue weighted by molar-refractivity contribution is -0.116. The monoisotopic (exact) mass is 308 g/mol. The molecule has 2 heterocycles. The quantitative estimate of drug-likeness (QED) is 0.755. The second-order valence-electron chi connectivity index (χ2n) is 5.19. The Morgan fingerprint density at radius 1 is 1.43 bits per heavy atom. The van der Waals surface area contributed by atoms with Gasteiger partial charge < -0.3 is 10.6 Å². The van der Waals surface area contributed by atoms with Gasteiger partial charge in [0.1, 0.15) is 0 Å². The van der Waals surface area contributed by atoms with Crippen LogP contribution in [0.4, 0.5) is 5.69 Å². The fourth-order valence-electron chi connectivity index (χ4n) is 2.45. The van der Waals surface area contributed by atoms with E-state index < -0.39 is 9.84 Å². The van der Waals surface area contributed by atoms with Gasteiger partial charge in [-0.1, -0.05) is 0 Å². The molecular weight excluding hydrogens is 292 g/mol. The molecule has 8 heteroatoms. The number of aromatic nitrogens is 2. The molecule has 0 bridgehead atoms. The Hall–Kier alpha value is -1.93. The number of hydrogen-bond acceptors (Lipinski definition) is 5. The van der Waals surface area contributed by atoms with Crippen LogP contribution < -0.4 is 10.6 Å². The van der Waals surface area contributed by atoms with Crippen LogP contribution in [-0.4, -0.2) is 48.6 Å². The van der Waals surface area contributed by atoms with Crippen LogP contribution in [0.5, 0.6) is 0 Å². The van der Waals surface area contributed by atoms with E-state index in [1.165, 1.54) is 0 Å². The fourth-order valence-corrected chi connectivity index (χ4v) is 3.90. The van der Waals surface area contributed by atoms with Gasteiger partial charge in [0.15, 0.2) is 9.84 Å². The Morgan fingerprint density at radius 3 is 3.10 bits per heavy atom. The Kier molecular flexibility index (Phi) is 3.64. The second kappa shape index (κ2) is 5.45. The number of nitrogens with one attached hydrogen (secondary N) is 3. The molecular formula is C13H16N4O3S. The molecule has 0 radical (unpaired) electrons. The number of benzene rings is 1. The molecule has 1 aromatic heterocycles. The number of rotatable bonds is 3. The highest BCUT2D eigenvalue weighted by atomic mass is 32.2. The summed E-state index contributed by atoms with van der Waals surface area (Å²) >= 11 is 0. The van der Waals surface area contributed by atoms with E-state index in [0.29, 0.717) is 12.2 Å². The summed E-state index contributed by atoms with van der Waals surface area (Å²) in [6.07, 6.45) is 1.82. The number of fused-ring (bicyclic) bond motifs is 1. The number of hydrogen-bond donors (Lipinski definition) is 3. The summed E-state index contributed by atoms with van der Waals surface area (Å²) in [5.74, 6) is -0.0452. The molecule has 1 saturated heterocycles. The van der Waals surface area contributed by atoms with Crippen molar-refractivity contribution in [3.63, 3.8) is 0 Å². The van der Waals surface area contributed by atoms with Crippen LogP contribution in [0.1, 0.15) is 6.42 Å². The highest BCUT2D eigenvalue weighted by Crippen LogP contribution is 2.17. The van der Waals surface area contributed by atoms with E-state index in [1.807, 2.05) is 12.1 Å². The van der Waals surface area contributed by atoms with Crippen LogP contribution in [0.15, 0.2) is 24.4 Å². The van der Waals surface area contributed by atoms with Gasteiger partial charge in [0.05, 0.1) is 23.2 Å². The SMILES string of the molecule is O=C(CC1CS(=O)(=O)CCN1)Nc1ccc2[nH]ncc2c1. The Morgan fingerprint density at radius 2 is 2.29 bits per heavy atom. The van der Waals surface area contributed by atoms with Gasteiger partial charge in [-0.3, -0.25) is 9.89 Å². The molecule has 21 heavy (non-hydrogen) atoms. The summed E-state index contributed by atoms with van der Waals surface area (Å²) in [6.45, 7) is 0.404. The van der Waals surface area contributed by atoms with E-state index in [9.17, 15) is 13.2 Å². The third kappa shape index (κ3) is 3.40. The lowest BCUT2D eigenvalue weighted by atomic mass is 10.2. The van der Waals surface area contributed by atoms with Crippen molar-refractivity contribution in [2.24, 2.45) is 0 Å². The van der Waals surface area contributed by atoms with Gasteiger partial charge in [0.2, 0.25) is 5.91 Å². The number of nitrogens with zero attached hydrogens (tertiary/aromatic N) is 1. The zero-order valence-corrected chi connectivity index (χ0v) is 12.1. The summed E-state index contributed by atoms with van der Waals surface area (Å²) in [4.78, 5) is 12.0. The first-order chi connectivity index (χ1) is 10.0. The van der Waals surface area contributed by atoms with E-state index in [2.05, 4.69) is 20.8 Å². The smallest absolute Gasteiger partial charge is 0.225 e. The summed E-state index contributed by atoms with van der Waals surface area (Å²) < 4.78 is 23.1. The van der Waals surface area contributed by atoms with Gasteiger partial charge in [-0.15, -0.1) is 0 Å². The van der Waals surface area contributed by atoms with Crippen LogP contribution in [-0.2, 0) is 14.6 Å². The van der Waals surface area contributed by atoms with Crippen LogP contribution >= 0.6 is 0 Å². The maximum Gasteiger partial charge on any atom is 0.225 e. The lowest BCUT2D eigenvalue weighted by Gasteiger charge is -2.23. The van der Waals surface area contributed by atoms with E-state index in [-0.39, 0.29) is 29.9 Å². The van der Waals surface area contributed by atoms with E-state index in [4.69, 9.17) is 0 Å². The summed E-state index contributed by atoms with van der Waals surface area (Å²) in [7, 11) is -3.03. The molecule has 1 aliphatic rings. The van der Waals surface area contributed by atoms with Crippen molar-refractivity contribution in [3.8, 4) is 0 Å². The van der Waals surface area contributed by atoms with Crippen molar-refractivity contribution < 1.29 is 13.2 Å². The number of amides is 1. The van der Waals surface area contributed by atoms with Crippen LogP contribution in [0, 0.1) is 0 Å². The average Bonchev–Trinajstić information content (AvgIpc) is 2.84. The Bertz CT molecular complexity index is 769. The summed E-state index contributed by atoms with van der Waals surface area (Å²) in [5, 5.41) is 13.5. The molecule has 3 N–H and O–H groups in total. The van der Waals surface area contributed by atoms with Crippen molar-refractivity contribution in [2.75, 3.05) is 23.4 Å². The number of anilines is 1. The number of carbonyl (C=O) groups is 1. The molecule has 1 amide bonds. The third-order valence-electron chi connectivity index (χ3n) is 3.46. The number of carbonyl (C=O) groups excluding carboxylic acids is 1. The molecule has 7 nitrogen and oxygen atoms in total. The summed E-state index contributed by atoms with van der Waals surface area (Å²) in [6, 6.07) is 5.12. The van der Waals surface area contributed by atoms with E-state index in [1.54, 1.807) is 12.3 Å². The zero-order valence-electron chi connectivity index (χ0n) is 11.3. The van der Waals surface area contributed by atoms with Gasteiger partial charge in [0, 0.05) is 30.1 Å². The van der Waals surface area contributed by atoms with E-state index >= 15 is 0 Å². The predicted molar refractivity (Wildman–Crippen MR) is 79.8 cm³/mol. The minimum absolute atomic E-state index is 0.0151. The highest BCUT2D eigenvalue weighted by Gasteiger charge is 2.25. The lowest BCUT2D eigenvalue weighted by Crippen LogP contribution is -2.46. The van der Waals surface area contributed by atoms with E-state index in [0.717, 1.165) is 10.9 Å².